The summed E-state index contributed by atoms with van der Waals surface area (Å²) in [5, 5.41) is 11.6. The van der Waals surface area contributed by atoms with Crippen LogP contribution < -0.4 is 0 Å². The van der Waals surface area contributed by atoms with E-state index in [1.807, 2.05) is 12.1 Å². The number of nitrogens with zero attached hydrogens (tertiary/aromatic N) is 2. The van der Waals surface area contributed by atoms with E-state index in [1.165, 1.54) is 41.4 Å². The van der Waals surface area contributed by atoms with E-state index in [0.29, 0.717) is 11.8 Å². The minimum absolute atomic E-state index is 0. The van der Waals surface area contributed by atoms with Gasteiger partial charge in [-0.2, -0.15) is 0 Å². The van der Waals surface area contributed by atoms with Gasteiger partial charge >= 0.3 is 0 Å². The Balaban J connectivity index is 0.00000180. The largest absolute Gasteiger partial charge is 0.508 e. The van der Waals surface area contributed by atoms with Gasteiger partial charge < -0.3 is 9.67 Å². The quantitative estimate of drug-likeness (QED) is 0.687. The summed E-state index contributed by atoms with van der Waals surface area (Å²) in [4.78, 5) is 2.58. The normalized spacial score (nSPS) is 19.6. The maximum Gasteiger partial charge on any atom is 0.116 e. The van der Waals surface area contributed by atoms with Gasteiger partial charge in [0.05, 0.1) is 0 Å². The second-order valence-corrected chi connectivity index (χ2v) is 7.62. The fraction of sp³-hybridized carbons (Fsp3) is 0.304. The van der Waals surface area contributed by atoms with Gasteiger partial charge in [0.25, 0.3) is 0 Å². The molecular formula is C23H25ClN2O. The van der Waals surface area contributed by atoms with E-state index in [4.69, 9.17) is 0 Å². The molecule has 1 saturated heterocycles. The number of hydrogen-bond acceptors (Lipinski definition) is 2. The van der Waals surface area contributed by atoms with Gasteiger partial charge in [-0.1, -0.05) is 24.3 Å². The molecule has 3 aromatic rings. The maximum atomic E-state index is 10.3. The molecule has 0 aliphatic carbocycles. The zero-order valence-electron chi connectivity index (χ0n) is 15.3. The predicted octanol–water partition coefficient (Wildman–Crippen LogP) is 5.07. The molecule has 1 atom stereocenters. The minimum Gasteiger partial charge on any atom is -0.508 e. The third-order valence-corrected chi connectivity index (χ3v) is 5.91. The Hall–Kier alpha value is -2.23. The number of halogens is 1. The number of aromatic nitrogens is 1. The van der Waals surface area contributed by atoms with Crippen molar-refractivity contribution in [1.82, 2.24) is 9.47 Å². The molecule has 1 unspecified atom stereocenters. The van der Waals surface area contributed by atoms with Gasteiger partial charge in [-0.25, -0.2) is 0 Å². The van der Waals surface area contributed by atoms with E-state index < -0.39 is 0 Å². The van der Waals surface area contributed by atoms with Crippen LogP contribution in [0.3, 0.4) is 0 Å². The van der Waals surface area contributed by atoms with Gasteiger partial charge in [0.1, 0.15) is 5.75 Å². The van der Waals surface area contributed by atoms with Crippen molar-refractivity contribution in [3.63, 3.8) is 0 Å². The first-order valence-corrected chi connectivity index (χ1v) is 9.56. The number of aromatic hydroxyl groups is 1. The molecule has 1 N–H and O–H groups in total. The van der Waals surface area contributed by atoms with Crippen molar-refractivity contribution in [1.29, 1.82) is 0 Å². The van der Waals surface area contributed by atoms with Crippen LogP contribution in [-0.4, -0.2) is 33.7 Å². The van der Waals surface area contributed by atoms with E-state index in [1.54, 1.807) is 0 Å². The fourth-order valence-electron chi connectivity index (χ4n) is 4.59. The van der Waals surface area contributed by atoms with E-state index in [2.05, 4.69) is 58.1 Å². The van der Waals surface area contributed by atoms with Gasteiger partial charge in [0.15, 0.2) is 0 Å². The highest BCUT2D eigenvalue weighted by Gasteiger charge is 2.28. The third kappa shape index (κ3) is 3.50. The molecule has 2 aliphatic heterocycles. The summed E-state index contributed by atoms with van der Waals surface area (Å²) >= 11 is 0. The first-order valence-electron chi connectivity index (χ1n) is 9.56. The van der Waals surface area contributed by atoms with E-state index in [9.17, 15) is 5.11 Å². The molecular weight excluding hydrogens is 356 g/mol. The lowest BCUT2D eigenvalue weighted by atomic mass is 9.93. The molecule has 5 rings (SSSR count). The van der Waals surface area contributed by atoms with E-state index in [-0.39, 0.29) is 12.4 Å². The third-order valence-electron chi connectivity index (χ3n) is 5.91. The summed E-state index contributed by atoms with van der Waals surface area (Å²) in [5.74, 6) is 0.365. The molecule has 1 fully saturated rings. The maximum absolute atomic E-state index is 10.3. The lowest BCUT2D eigenvalue weighted by molar-refractivity contribution is 0.275. The minimum atomic E-state index is 0. The first-order chi connectivity index (χ1) is 12.8. The predicted molar refractivity (Wildman–Crippen MR) is 114 cm³/mol. The van der Waals surface area contributed by atoms with Gasteiger partial charge in [-0.05, 0) is 78.2 Å². The van der Waals surface area contributed by atoms with Gasteiger partial charge in [-0.3, -0.25) is 4.90 Å². The van der Waals surface area contributed by atoms with Crippen LogP contribution in [0.5, 0.6) is 5.75 Å². The summed E-state index contributed by atoms with van der Waals surface area (Å²) in [6.45, 7) is 3.06. The second-order valence-electron chi connectivity index (χ2n) is 7.62. The number of phenols is 1. The average molecular weight is 381 g/mol. The summed E-state index contributed by atoms with van der Waals surface area (Å²) in [6.07, 6.45) is 8.21. The Bertz CT molecular complexity index is 991. The van der Waals surface area contributed by atoms with Gasteiger partial charge in [-0.15, -0.1) is 12.4 Å². The monoisotopic (exact) mass is 380 g/mol. The van der Waals surface area contributed by atoms with Crippen LogP contribution in [0.4, 0.5) is 0 Å². The average Bonchev–Trinajstić information content (AvgIpc) is 3.28. The van der Waals surface area contributed by atoms with Crippen LogP contribution in [0.1, 0.15) is 30.4 Å². The number of benzene rings is 2. The van der Waals surface area contributed by atoms with Crippen LogP contribution in [0.25, 0.3) is 16.5 Å². The lowest BCUT2D eigenvalue weighted by Crippen LogP contribution is -2.32. The van der Waals surface area contributed by atoms with E-state index >= 15 is 0 Å². The molecule has 140 valence electrons. The number of hydrogen-bond donors (Lipinski definition) is 1. The van der Waals surface area contributed by atoms with Crippen molar-refractivity contribution in [2.24, 2.45) is 0 Å². The molecule has 0 radical (unpaired) electrons. The number of fused-ring (bicyclic) bond motifs is 2. The molecule has 27 heavy (non-hydrogen) atoms. The second kappa shape index (κ2) is 7.41. The van der Waals surface area contributed by atoms with Crippen molar-refractivity contribution >= 4 is 28.9 Å². The van der Waals surface area contributed by atoms with Crippen LogP contribution in [0.15, 0.2) is 60.8 Å². The van der Waals surface area contributed by atoms with Gasteiger partial charge in [0, 0.05) is 30.8 Å². The Labute approximate surface area is 166 Å². The molecule has 3 nitrogen and oxygen atoms in total. The fourth-order valence-corrected chi connectivity index (χ4v) is 4.59. The van der Waals surface area contributed by atoms with Crippen LogP contribution in [0.2, 0.25) is 0 Å². The molecule has 0 spiro atoms. The zero-order chi connectivity index (χ0) is 17.5. The first kappa shape index (κ1) is 18.1. The highest BCUT2D eigenvalue weighted by molar-refractivity contribution is 5.85. The molecule has 4 heteroatoms. The van der Waals surface area contributed by atoms with Crippen molar-refractivity contribution in [3.8, 4) is 5.75 Å². The number of rotatable bonds is 3. The SMILES string of the molecule is Cl.Oc1cc(Cn2ccc3ccccc32)cc(C2=CCN3CCCC3C2)c1. The molecule has 2 aromatic carbocycles. The lowest BCUT2D eigenvalue weighted by Gasteiger charge is -2.29. The summed E-state index contributed by atoms with van der Waals surface area (Å²) < 4.78 is 2.25. The van der Waals surface area contributed by atoms with Crippen molar-refractivity contribution in [2.45, 2.75) is 31.8 Å². The van der Waals surface area contributed by atoms with Crippen LogP contribution in [-0.2, 0) is 6.54 Å². The molecule has 2 aliphatic rings. The zero-order valence-corrected chi connectivity index (χ0v) is 16.2. The summed E-state index contributed by atoms with van der Waals surface area (Å²) in [6, 6.07) is 17.3. The molecule has 0 amide bonds. The molecule has 0 saturated carbocycles. The summed E-state index contributed by atoms with van der Waals surface area (Å²) in [5.41, 5.74) is 4.96. The smallest absolute Gasteiger partial charge is 0.116 e. The Kier molecular flexibility index (Phi) is 4.98. The van der Waals surface area contributed by atoms with Crippen LogP contribution >= 0.6 is 12.4 Å². The molecule has 3 heterocycles. The number of para-hydroxylation sites is 1. The Morgan fingerprint density at radius 2 is 1.96 bits per heavy atom. The Morgan fingerprint density at radius 3 is 2.89 bits per heavy atom. The molecule has 0 bridgehead atoms. The Morgan fingerprint density at radius 1 is 1.07 bits per heavy atom. The standard InChI is InChI=1S/C23H24N2O.ClH/c26-22-13-17(16-25-11-7-18-4-1-2-6-23(18)25)12-20(15-22)19-8-10-24-9-3-5-21(24)14-19;/h1-2,4,6-8,11-13,15,21,26H,3,5,9-10,14,16H2;1H. The van der Waals surface area contributed by atoms with Crippen molar-refractivity contribution in [3.05, 3.63) is 71.9 Å². The van der Waals surface area contributed by atoms with Gasteiger partial charge in [0.2, 0.25) is 0 Å². The van der Waals surface area contributed by atoms with E-state index in [0.717, 1.165) is 25.1 Å². The summed E-state index contributed by atoms with van der Waals surface area (Å²) in [7, 11) is 0. The topological polar surface area (TPSA) is 28.4 Å². The molecule has 1 aromatic heterocycles. The van der Waals surface area contributed by atoms with Crippen molar-refractivity contribution < 1.29 is 5.11 Å². The van der Waals surface area contributed by atoms with Crippen molar-refractivity contribution in [2.75, 3.05) is 13.1 Å². The van der Waals surface area contributed by atoms with Crippen LogP contribution in [0, 0.1) is 0 Å². The highest BCUT2D eigenvalue weighted by atomic mass is 35.5. The number of phenolic OH excluding ortho intramolecular Hbond substituents is 1. The highest BCUT2D eigenvalue weighted by Crippen LogP contribution is 2.34.